The van der Waals surface area contributed by atoms with Gasteiger partial charge in [0, 0.05) is 37.8 Å². The summed E-state index contributed by atoms with van der Waals surface area (Å²) in [7, 11) is 4.25. The molecule has 3 heteroatoms. The third kappa shape index (κ3) is 3.59. The van der Waals surface area contributed by atoms with Crippen molar-refractivity contribution in [1.82, 2.24) is 15.1 Å². The molecule has 0 aliphatic carbocycles. The zero-order valence-corrected chi connectivity index (χ0v) is 10.6. The maximum atomic E-state index is 3.83. The van der Waals surface area contributed by atoms with Crippen LogP contribution >= 0.6 is 0 Å². The van der Waals surface area contributed by atoms with Crippen molar-refractivity contribution < 1.29 is 0 Å². The Morgan fingerprint density at radius 1 is 1.53 bits per heavy atom. The Balaban J connectivity index is 2.54. The van der Waals surface area contributed by atoms with Crippen molar-refractivity contribution in [2.45, 2.75) is 25.4 Å². The lowest BCUT2D eigenvalue weighted by atomic mass is 9.97. The van der Waals surface area contributed by atoms with Gasteiger partial charge in [0.05, 0.1) is 0 Å². The lowest BCUT2D eigenvalue weighted by molar-refractivity contribution is 0.0710. The van der Waals surface area contributed by atoms with Crippen molar-refractivity contribution >= 4 is 0 Å². The molecule has 0 aromatic carbocycles. The van der Waals surface area contributed by atoms with Gasteiger partial charge in [-0.3, -0.25) is 4.90 Å². The molecular formula is C12H25N3. The first-order valence-electron chi connectivity index (χ1n) is 5.70. The van der Waals surface area contributed by atoms with Gasteiger partial charge in [-0.25, -0.2) is 0 Å². The molecule has 1 saturated heterocycles. The molecule has 0 saturated carbocycles. The first kappa shape index (κ1) is 12.7. The molecule has 0 aromatic heterocycles. The molecule has 88 valence electrons. The fourth-order valence-electron chi connectivity index (χ4n) is 2.12. The van der Waals surface area contributed by atoms with E-state index >= 15 is 0 Å². The molecule has 1 N–H and O–H groups in total. The van der Waals surface area contributed by atoms with Crippen LogP contribution in [0.25, 0.3) is 0 Å². The predicted molar refractivity (Wildman–Crippen MR) is 66.2 cm³/mol. The Kier molecular flexibility index (Phi) is 4.32. The Bertz CT molecular complexity index is 211. The smallest absolute Gasteiger partial charge is 0.0323 e. The van der Waals surface area contributed by atoms with Gasteiger partial charge in [0.2, 0.25) is 0 Å². The van der Waals surface area contributed by atoms with Crippen molar-refractivity contribution in [3.63, 3.8) is 0 Å². The first-order valence-corrected chi connectivity index (χ1v) is 5.70. The molecule has 0 bridgehead atoms. The average molecular weight is 211 g/mol. The second kappa shape index (κ2) is 5.10. The quantitative estimate of drug-likeness (QED) is 0.694. The first-order chi connectivity index (χ1) is 6.95. The summed E-state index contributed by atoms with van der Waals surface area (Å²) in [5.41, 5.74) is 0.247. The minimum Gasteiger partial charge on any atom is -0.310 e. The van der Waals surface area contributed by atoms with Crippen molar-refractivity contribution in [2.75, 3.05) is 40.3 Å². The molecule has 1 fully saturated rings. The third-order valence-electron chi connectivity index (χ3n) is 3.06. The minimum atomic E-state index is 0.247. The van der Waals surface area contributed by atoms with Crippen LogP contribution in [-0.2, 0) is 0 Å². The van der Waals surface area contributed by atoms with Crippen LogP contribution in [0.15, 0.2) is 12.7 Å². The van der Waals surface area contributed by atoms with Crippen LogP contribution in [0.3, 0.4) is 0 Å². The van der Waals surface area contributed by atoms with Crippen LogP contribution < -0.4 is 5.32 Å². The standard InChI is InChI=1S/C12H25N3/c1-6-7-15-9-11(8-14(4)5)13-10-12(15,2)3/h6,11,13H,1,7-10H2,2-5H3. The van der Waals surface area contributed by atoms with Crippen LogP contribution in [0.4, 0.5) is 0 Å². The molecule has 1 aliphatic heterocycles. The highest BCUT2D eigenvalue weighted by atomic mass is 15.3. The van der Waals surface area contributed by atoms with Crippen LogP contribution in [0.2, 0.25) is 0 Å². The van der Waals surface area contributed by atoms with Crippen molar-refractivity contribution in [3.05, 3.63) is 12.7 Å². The number of rotatable bonds is 4. The highest BCUT2D eigenvalue weighted by Gasteiger charge is 2.32. The fraction of sp³-hybridized carbons (Fsp3) is 0.833. The number of likely N-dealkylation sites (N-methyl/N-ethyl adjacent to an activating group) is 1. The summed E-state index contributed by atoms with van der Waals surface area (Å²) in [6.45, 7) is 12.7. The van der Waals surface area contributed by atoms with Gasteiger partial charge in [-0.15, -0.1) is 6.58 Å². The monoisotopic (exact) mass is 211 g/mol. The van der Waals surface area contributed by atoms with Crippen molar-refractivity contribution in [1.29, 1.82) is 0 Å². The summed E-state index contributed by atoms with van der Waals surface area (Å²) < 4.78 is 0. The minimum absolute atomic E-state index is 0.247. The number of hydrogen-bond donors (Lipinski definition) is 1. The third-order valence-corrected chi connectivity index (χ3v) is 3.06. The van der Waals surface area contributed by atoms with E-state index in [-0.39, 0.29) is 5.54 Å². The number of nitrogens with zero attached hydrogens (tertiary/aromatic N) is 2. The molecule has 0 spiro atoms. The molecule has 0 radical (unpaired) electrons. The van der Waals surface area contributed by atoms with Crippen LogP contribution in [0, 0.1) is 0 Å². The van der Waals surface area contributed by atoms with E-state index in [1.807, 2.05) is 6.08 Å². The van der Waals surface area contributed by atoms with Crippen LogP contribution in [0.5, 0.6) is 0 Å². The summed E-state index contributed by atoms with van der Waals surface area (Å²) in [5.74, 6) is 0. The highest BCUT2D eigenvalue weighted by Crippen LogP contribution is 2.18. The van der Waals surface area contributed by atoms with E-state index in [0.29, 0.717) is 6.04 Å². The maximum Gasteiger partial charge on any atom is 0.0323 e. The predicted octanol–water partition coefficient (Wildman–Crippen LogP) is 0.786. The molecule has 1 aliphatic rings. The zero-order valence-electron chi connectivity index (χ0n) is 10.6. The summed E-state index contributed by atoms with van der Waals surface area (Å²) >= 11 is 0. The molecule has 3 nitrogen and oxygen atoms in total. The van der Waals surface area contributed by atoms with Crippen LogP contribution in [0.1, 0.15) is 13.8 Å². The molecule has 1 heterocycles. The number of nitrogens with one attached hydrogen (secondary N) is 1. The van der Waals surface area contributed by atoms with E-state index in [0.717, 1.165) is 26.2 Å². The van der Waals surface area contributed by atoms with Gasteiger partial charge < -0.3 is 10.2 Å². The second-order valence-electron chi connectivity index (χ2n) is 5.35. The van der Waals surface area contributed by atoms with Gasteiger partial charge in [0.1, 0.15) is 0 Å². The fourth-order valence-corrected chi connectivity index (χ4v) is 2.12. The summed E-state index contributed by atoms with van der Waals surface area (Å²) in [5, 5.41) is 3.61. The Hall–Kier alpha value is -0.380. The summed E-state index contributed by atoms with van der Waals surface area (Å²) in [4.78, 5) is 4.74. The summed E-state index contributed by atoms with van der Waals surface area (Å²) in [6, 6.07) is 0.577. The van der Waals surface area contributed by atoms with Crippen molar-refractivity contribution in [3.8, 4) is 0 Å². The average Bonchev–Trinajstić information content (AvgIpc) is 2.11. The van der Waals surface area contributed by atoms with E-state index in [1.165, 1.54) is 0 Å². The highest BCUT2D eigenvalue weighted by molar-refractivity contribution is 4.95. The number of piperazine rings is 1. The van der Waals surface area contributed by atoms with E-state index in [4.69, 9.17) is 0 Å². The maximum absolute atomic E-state index is 3.83. The molecule has 0 amide bonds. The lowest BCUT2D eigenvalue weighted by Crippen LogP contribution is -2.63. The molecular weight excluding hydrogens is 186 g/mol. The molecule has 1 rings (SSSR count). The molecule has 15 heavy (non-hydrogen) atoms. The van der Waals surface area contributed by atoms with Gasteiger partial charge in [-0.2, -0.15) is 0 Å². The number of hydrogen-bond acceptors (Lipinski definition) is 3. The molecule has 0 aromatic rings. The molecule has 1 atom stereocenters. The largest absolute Gasteiger partial charge is 0.310 e. The Morgan fingerprint density at radius 2 is 2.20 bits per heavy atom. The second-order valence-corrected chi connectivity index (χ2v) is 5.35. The SMILES string of the molecule is C=CCN1CC(CN(C)C)NCC1(C)C. The van der Waals surface area contributed by atoms with Gasteiger partial charge in [-0.05, 0) is 27.9 Å². The Labute approximate surface area is 94.1 Å². The normalized spacial score (nSPS) is 26.9. The van der Waals surface area contributed by atoms with Gasteiger partial charge in [0.15, 0.2) is 0 Å². The topological polar surface area (TPSA) is 18.5 Å². The zero-order chi connectivity index (χ0) is 11.5. The van der Waals surface area contributed by atoms with Crippen LogP contribution in [-0.4, -0.2) is 61.7 Å². The van der Waals surface area contributed by atoms with Gasteiger partial charge in [0.25, 0.3) is 0 Å². The van der Waals surface area contributed by atoms with E-state index in [9.17, 15) is 0 Å². The van der Waals surface area contributed by atoms with Gasteiger partial charge in [-0.1, -0.05) is 6.08 Å². The lowest BCUT2D eigenvalue weighted by Gasteiger charge is -2.46. The van der Waals surface area contributed by atoms with E-state index in [2.05, 4.69) is 49.6 Å². The summed E-state index contributed by atoms with van der Waals surface area (Å²) in [6.07, 6.45) is 2.00. The van der Waals surface area contributed by atoms with E-state index in [1.54, 1.807) is 0 Å². The van der Waals surface area contributed by atoms with Crippen molar-refractivity contribution in [2.24, 2.45) is 0 Å². The Morgan fingerprint density at radius 3 is 2.73 bits per heavy atom. The molecule has 1 unspecified atom stereocenters. The van der Waals surface area contributed by atoms with Gasteiger partial charge >= 0.3 is 0 Å². The van der Waals surface area contributed by atoms with E-state index < -0.39 is 0 Å².